The molecule has 0 radical (unpaired) electrons. The first-order chi connectivity index (χ1) is 11.8. The van der Waals surface area contributed by atoms with Crippen LogP contribution in [0.3, 0.4) is 0 Å². The zero-order chi connectivity index (χ0) is 18.2. The van der Waals surface area contributed by atoms with Crippen LogP contribution < -0.4 is 5.32 Å². The van der Waals surface area contributed by atoms with Crippen molar-refractivity contribution in [1.29, 1.82) is 0 Å². The quantitative estimate of drug-likeness (QED) is 0.745. The molecule has 7 heteroatoms. The number of aliphatic hydroxyl groups excluding tert-OH is 1. The van der Waals surface area contributed by atoms with E-state index >= 15 is 0 Å². The molecule has 0 aliphatic heterocycles. The summed E-state index contributed by atoms with van der Waals surface area (Å²) in [5.74, 6) is -0.285. The molecule has 1 aromatic carbocycles. The van der Waals surface area contributed by atoms with E-state index in [1.165, 1.54) is 18.4 Å². The van der Waals surface area contributed by atoms with Gasteiger partial charge in [-0.05, 0) is 18.2 Å². The number of carbonyl (C=O) groups is 1. The van der Waals surface area contributed by atoms with Gasteiger partial charge in [0, 0.05) is 30.2 Å². The molecule has 6 nitrogen and oxygen atoms in total. The zero-order valence-electron chi connectivity index (χ0n) is 14.3. The Morgan fingerprint density at radius 2 is 2.20 bits per heavy atom. The Morgan fingerprint density at radius 3 is 2.84 bits per heavy atom. The van der Waals surface area contributed by atoms with Crippen LogP contribution in [0.5, 0.6) is 0 Å². The maximum Gasteiger partial charge on any atom is 0.252 e. The molecule has 2 aromatic heterocycles. The molecular weight excluding hydrogens is 325 g/mol. The van der Waals surface area contributed by atoms with Gasteiger partial charge in [0.05, 0.1) is 24.5 Å². The molecule has 0 spiro atoms. The number of halogens is 1. The topological polar surface area (TPSA) is 80.3 Å². The molecule has 1 unspecified atom stereocenters. The second-order valence-electron chi connectivity index (χ2n) is 6.71. The van der Waals surface area contributed by atoms with E-state index in [1.54, 1.807) is 23.0 Å². The van der Waals surface area contributed by atoms with Gasteiger partial charge in [-0.2, -0.15) is 0 Å². The third-order valence-electron chi connectivity index (χ3n) is 4.39. The van der Waals surface area contributed by atoms with Crippen molar-refractivity contribution in [1.82, 2.24) is 14.9 Å². The number of aromatic nitrogens is 2. The molecule has 1 atom stereocenters. The van der Waals surface area contributed by atoms with Crippen LogP contribution in [0.25, 0.3) is 11.0 Å². The lowest BCUT2D eigenvalue weighted by atomic mass is 9.84. The number of nitrogens with one attached hydrogen (secondary N) is 1. The first-order valence-electron chi connectivity index (χ1n) is 7.90. The summed E-state index contributed by atoms with van der Waals surface area (Å²) in [6.07, 6.45) is 4.75. The van der Waals surface area contributed by atoms with Gasteiger partial charge >= 0.3 is 0 Å². The molecule has 3 aromatic rings. The summed E-state index contributed by atoms with van der Waals surface area (Å²) in [5.41, 5.74) is -0.301. The largest absolute Gasteiger partial charge is 0.461 e. The van der Waals surface area contributed by atoms with Crippen LogP contribution in [-0.4, -0.2) is 27.2 Å². The van der Waals surface area contributed by atoms with Crippen molar-refractivity contribution in [2.45, 2.75) is 19.9 Å². The predicted molar refractivity (Wildman–Crippen MR) is 90.5 cm³/mol. The minimum atomic E-state index is -0.648. The molecule has 1 amide bonds. The lowest BCUT2D eigenvalue weighted by molar-refractivity contribution is 0.0792. The number of rotatable bonds is 5. The van der Waals surface area contributed by atoms with Crippen molar-refractivity contribution in [3.63, 3.8) is 0 Å². The molecule has 3 rings (SSSR count). The molecule has 2 heterocycles. The summed E-state index contributed by atoms with van der Waals surface area (Å²) < 4.78 is 20.7. The lowest BCUT2D eigenvalue weighted by Gasteiger charge is -2.32. The molecule has 0 saturated carbocycles. The summed E-state index contributed by atoms with van der Waals surface area (Å²) in [6, 6.07) is 3.65. The number of benzene rings is 1. The molecule has 2 N–H and O–H groups in total. The summed E-state index contributed by atoms with van der Waals surface area (Å²) in [6.45, 7) is 3.53. The molecule has 132 valence electrons. The fraction of sp³-hybridized carbons (Fsp3) is 0.333. The highest BCUT2D eigenvalue weighted by Crippen LogP contribution is 2.33. The third-order valence-corrected chi connectivity index (χ3v) is 4.39. The van der Waals surface area contributed by atoms with E-state index in [2.05, 4.69) is 10.3 Å². The fourth-order valence-electron chi connectivity index (χ4n) is 2.79. The molecule has 0 fully saturated rings. The van der Waals surface area contributed by atoms with Gasteiger partial charge in [0.2, 0.25) is 0 Å². The number of furan rings is 1. The van der Waals surface area contributed by atoms with Crippen molar-refractivity contribution in [2.75, 3.05) is 6.61 Å². The van der Waals surface area contributed by atoms with E-state index in [9.17, 15) is 14.3 Å². The lowest BCUT2D eigenvalue weighted by Crippen LogP contribution is -2.41. The van der Waals surface area contributed by atoms with Gasteiger partial charge in [-0.1, -0.05) is 13.8 Å². The van der Waals surface area contributed by atoms with Crippen LogP contribution in [0.1, 0.15) is 36.1 Å². The van der Waals surface area contributed by atoms with Gasteiger partial charge in [0.1, 0.15) is 5.82 Å². The molecular formula is C18H20FN3O3. The monoisotopic (exact) mass is 345 g/mol. The van der Waals surface area contributed by atoms with Gasteiger partial charge in [-0.25, -0.2) is 9.37 Å². The Morgan fingerprint density at radius 1 is 1.44 bits per heavy atom. The maximum absolute atomic E-state index is 13.8. The van der Waals surface area contributed by atoms with Crippen LogP contribution >= 0.6 is 0 Å². The number of aryl methyl sites for hydroxylation is 1. The Labute approximate surface area is 144 Å². The molecule has 0 bridgehead atoms. The number of aliphatic hydroxyl groups is 1. The van der Waals surface area contributed by atoms with Crippen LogP contribution in [-0.2, 0) is 7.05 Å². The van der Waals surface area contributed by atoms with Crippen molar-refractivity contribution in [3.8, 4) is 0 Å². The van der Waals surface area contributed by atoms with Gasteiger partial charge < -0.3 is 19.4 Å². The van der Waals surface area contributed by atoms with Crippen LogP contribution in [0.4, 0.5) is 4.39 Å². The molecule has 0 aliphatic carbocycles. The summed E-state index contributed by atoms with van der Waals surface area (Å²) in [7, 11) is 1.82. The highest BCUT2D eigenvalue weighted by Gasteiger charge is 2.35. The minimum Gasteiger partial charge on any atom is -0.461 e. The first kappa shape index (κ1) is 17.2. The summed E-state index contributed by atoms with van der Waals surface area (Å²) in [4.78, 5) is 17.2. The average molecular weight is 345 g/mol. The maximum atomic E-state index is 13.8. The standard InChI is InChI=1S/C18H20FN3O3/c1-18(2,10-23)15(16-20-7-8-22(16)3)21-17(24)12-4-5-13(19)14-11(12)6-9-25-14/h4-9,15,23H,10H2,1-3H3,(H,21,24). The van der Waals surface area contributed by atoms with Crippen LogP contribution in [0.2, 0.25) is 0 Å². The van der Waals surface area contributed by atoms with Crippen molar-refractivity contribution >= 4 is 16.9 Å². The Kier molecular flexibility index (Phi) is 4.34. The Hall–Kier alpha value is -2.67. The van der Waals surface area contributed by atoms with Gasteiger partial charge in [0.25, 0.3) is 5.91 Å². The van der Waals surface area contributed by atoms with Crippen molar-refractivity contribution in [2.24, 2.45) is 12.5 Å². The van der Waals surface area contributed by atoms with Crippen LogP contribution in [0.15, 0.2) is 41.3 Å². The Balaban J connectivity index is 1.99. The highest BCUT2D eigenvalue weighted by molar-refractivity contribution is 6.06. The number of hydrogen-bond donors (Lipinski definition) is 2. The minimum absolute atomic E-state index is 0.0441. The van der Waals surface area contributed by atoms with E-state index < -0.39 is 17.3 Å². The van der Waals surface area contributed by atoms with Crippen molar-refractivity contribution < 1.29 is 18.7 Å². The number of imidazole rings is 1. The van der Waals surface area contributed by atoms with E-state index in [1.807, 2.05) is 20.9 Å². The molecule has 25 heavy (non-hydrogen) atoms. The normalized spacial score (nSPS) is 13.2. The number of amides is 1. The average Bonchev–Trinajstić information content (AvgIpc) is 3.22. The third kappa shape index (κ3) is 3.02. The zero-order valence-corrected chi connectivity index (χ0v) is 14.3. The van der Waals surface area contributed by atoms with E-state index in [0.29, 0.717) is 16.8 Å². The fourth-order valence-corrected chi connectivity index (χ4v) is 2.79. The molecule has 0 aliphatic rings. The number of carbonyl (C=O) groups excluding carboxylic acids is 1. The van der Waals surface area contributed by atoms with Crippen molar-refractivity contribution in [3.05, 3.63) is 54.1 Å². The second kappa shape index (κ2) is 6.33. The van der Waals surface area contributed by atoms with E-state index in [4.69, 9.17) is 4.42 Å². The second-order valence-corrected chi connectivity index (χ2v) is 6.71. The molecule has 0 saturated heterocycles. The van der Waals surface area contributed by atoms with Gasteiger partial charge in [0.15, 0.2) is 11.4 Å². The van der Waals surface area contributed by atoms with E-state index in [-0.39, 0.29) is 18.1 Å². The number of fused-ring (bicyclic) bond motifs is 1. The Bertz CT molecular complexity index is 913. The summed E-state index contributed by atoms with van der Waals surface area (Å²) in [5, 5.41) is 13.1. The summed E-state index contributed by atoms with van der Waals surface area (Å²) >= 11 is 0. The number of nitrogens with zero attached hydrogens (tertiary/aromatic N) is 2. The highest BCUT2D eigenvalue weighted by atomic mass is 19.1. The van der Waals surface area contributed by atoms with Gasteiger partial charge in [-0.15, -0.1) is 0 Å². The van der Waals surface area contributed by atoms with Gasteiger partial charge in [-0.3, -0.25) is 4.79 Å². The first-order valence-corrected chi connectivity index (χ1v) is 7.90. The predicted octanol–water partition coefficient (Wildman–Crippen LogP) is 2.80. The van der Waals surface area contributed by atoms with Crippen LogP contribution in [0, 0.1) is 11.2 Å². The smallest absolute Gasteiger partial charge is 0.252 e. The number of hydrogen-bond acceptors (Lipinski definition) is 4. The SMILES string of the molecule is Cn1ccnc1C(NC(=O)c1ccc(F)c2occc12)C(C)(C)CO. The van der Waals surface area contributed by atoms with E-state index in [0.717, 1.165) is 0 Å².